The molecule has 0 fully saturated rings. The van der Waals surface area contributed by atoms with Crippen LogP contribution in [0, 0.1) is 5.82 Å². The van der Waals surface area contributed by atoms with Gasteiger partial charge < -0.3 is 14.2 Å². The normalized spacial score (nSPS) is 11.2. The summed E-state index contributed by atoms with van der Waals surface area (Å²) in [4.78, 5) is 25.1. The van der Waals surface area contributed by atoms with E-state index in [9.17, 15) is 22.8 Å². The maximum absolute atomic E-state index is 15.1. The minimum absolute atomic E-state index is 0.267. The summed E-state index contributed by atoms with van der Waals surface area (Å²) in [5.41, 5.74) is -3.64. The Balaban J connectivity index is 2.46. The summed E-state index contributed by atoms with van der Waals surface area (Å²) in [5.74, 6) is -4.19. The fraction of sp³-hybridized carbons (Fsp3) is 0.190. The van der Waals surface area contributed by atoms with E-state index >= 15 is 4.39 Å². The van der Waals surface area contributed by atoms with Crippen molar-refractivity contribution < 1.29 is 41.4 Å². The molecule has 1 heterocycles. The van der Waals surface area contributed by atoms with Gasteiger partial charge in [-0.05, 0) is 24.3 Å². The first-order valence-electron chi connectivity index (χ1n) is 8.94. The molecular weight excluding hydrogens is 436 g/mol. The third-order valence-corrected chi connectivity index (χ3v) is 4.50. The highest BCUT2D eigenvalue weighted by molar-refractivity contribution is 6.07. The number of hydrogen-bond donors (Lipinski definition) is 0. The highest BCUT2D eigenvalue weighted by Crippen LogP contribution is 2.40. The number of carbonyl (C=O) groups excluding carboxylic acids is 2. The van der Waals surface area contributed by atoms with Crippen molar-refractivity contribution in [1.29, 1.82) is 0 Å². The number of halogens is 4. The van der Waals surface area contributed by atoms with E-state index in [1.165, 1.54) is 12.1 Å². The quantitative estimate of drug-likeness (QED) is 0.425. The van der Waals surface area contributed by atoms with Crippen LogP contribution in [-0.2, 0) is 15.7 Å². The number of rotatable bonds is 5. The van der Waals surface area contributed by atoms with E-state index in [2.05, 4.69) is 5.10 Å². The Kier molecular flexibility index (Phi) is 6.19. The molecule has 0 spiro atoms. The van der Waals surface area contributed by atoms with Crippen LogP contribution < -0.4 is 4.74 Å². The monoisotopic (exact) mass is 452 g/mol. The van der Waals surface area contributed by atoms with Crippen LogP contribution in [0.15, 0.2) is 42.5 Å². The second-order valence-corrected chi connectivity index (χ2v) is 6.34. The van der Waals surface area contributed by atoms with Crippen LogP contribution in [0.3, 0.4) is 0 Å². The minimum Gasteiger partial charge on any atom is -0.497 e. The van der Waals surface area contributed by atoms with Gasteiger partial charge in [0.1, 0.15) is 22.8 Å². The Morgan fingerprint density at radius 3 is 2.12 bits per heavy atom. The van der Waals surface area contributed by atoms with Gasteiger partial charge in [0.05, 0.1) is 32.6 Å². The molecule has 0 aliphatic carbocycles. The van der Waals surface area contributed by atoms with Crippen molar-refractivity contribution in [3.8, 4) is 22.7 Å². The largest absolute Gasteiger partial charge is 0.497 e. The Labute approximate surface area is 179 Å². The second-order valence-electron chi connectivity index (χ2n) is 6.34. The first kappa shape index (κ1) is 22.8. The number of hydrogen-bond acceptors (Lipinski definition) is 6. The molecule has 0 unspecified atom stereocenters. The predicted molar refractivity (Wildman–Crippen MR) is 103 cm³/mol. The number of methoxy groups -OCH3 is 3. The van der Waals surface area contributed by atoms with Gasteiger partial charge in [0.2, 0.25) is 0 Å². The van der Waals surface area contributed by atoms with Crippen LogP contribution in [-0.4, -0.2) is 43.0 Å². The maximum atomic E-state index is 15.1. The molecule has 3 rings (SSSR count). The first-order valence-corrected chi connectivity index (χ1v) is 8.94. The van der Waals surface area contributed by atoms with Crippen molar-refractivity contribution in [2.45, 2.75) is 6.18 Å². The molecule has 0 amide bonds. The van der Waals surface area contributed by atoms with Crippen LogP contribution in [0.4, 0.5) is 17.6 Å². The third-order valence-electron chi connectivity index (χ3n) is 4.50. The summed E-state index contributed by atoms with van der Waals surface area (Å²) in [7, 11) is 3.14. The number of para-hydroxylation sites is 1. The molecule has 0 saturated carbocycles. The van der Waals surface area contributed by atoms with Crippen molar-refractivity contribution >= 4 is 11.9 Å². The summed E-state index contributed by atoms with van der Waals surface area (Å²) in [6.07, 6.45) is -5.06. The third kappa shape index (κ3) is 4.01. The molecule has 0 bridgehead atoms. The molecule has 1 aromatic heterocycles. The van der Waals surface area contributed by atoms with Crippen LogP contribution in [0.2, 0.25) is 0 Å². The van der Waals surface area contributed by atoms with E-state index in [1.54, 1.807) is 18.2 Å². The SMILES string of the molecule is COC(=O)c1c(-c2cc(OC)cc(C(F)(F)F)c2F)nn(-c2ccccc2)c1C(=O)OC. The molecule has 168 valence electrons. The lowest BCUT2D eigenvalue weighted by Crippen LogP contribution is -2.15. The standard InChI is InChI=1S/C21H16F4N2O5/c1-30-12-9-13(16(22)14(10-12)21(23,24)25)17-15(19(28)31-2)18(20(29)32-3)27(26-17)11-7-5-4-6-8-11/h4-10H,1-3H3. The van der Waals surface area contributed by atoms with Crippen molar-refractivity contribution in [3.63, 3.8) is 0 Å². The van der Waals surface area contributed by atoms with Gasteiger partial charge in [0, 0.05) is 5.56 Å². The fourth-order valence-electron chi connectivity index (χ4n) is 3.04. The van der Waals surface area contributed by atoms with Gasteiger partial charge in [-0.1, -0.05) is 18.2 Å². The van der Waals surface area contributed by atoms with Crippen molar-refractivity contribution in [2.75, 3.05) is 21.3 Å². The van der Waals surface area contributed by atoms with E-state index in [4.69, 9.17) is 14.2 Å². The van der Waals surface area contributed by atoms with Crippen molar-refractivity contribution in [2.24, 2.45) is 0 Å². The van der Waals surface area contributed by atoms with Crippen LogP contribution in [0.25, 0.3) is 16.9 Å². The van der Waals surface area contributed by atoms with Gasteiger partial charge in [-0.2, -0.15) is 18.3 Å². The predicted octanol–water partition coefficient (Wildman–Crippen LogP) is 4.28. The van der Waals surface area contributed by atoms with Gasteiger partial charge in [-0.15, -0.1) is 0 Å². The Morgan fingerprint density at radius 2 is 1.59 bits per heavy atom. The number of alkyl halides is 3. The lowest BCUT2D eigenvalue weighted by atomic mass is 10.0. The number of esters is 2. The zero-order valence-corrected chi connectivity index (χ0v) is 17.0. The van der Waals surface area contributed by atoms with Gasteiger partial charge >= 0.3 is 18.1 Å². The first-order chi connectivity index (χ1) is 15.1. The number of aromatic nitrogens is 2. The summed E-state index contributed by atoms with van der Waals surface area (Å²) in [6.45, 7) is 0. The fourth-order valence-corrected chi connectivity index (χ4v) is 3.04. The maximum Gasteiger partial charge on any atom is 0.419 e. The minimum atomic E-state index is -5.06. The molecule has 0 saturated heterocycles. The van der Waals surface area contributed by atoms with Gasteiger partial charge in [-0.3, -0.25) is 0 Å². The zero-order chi connectivity index (χ0) is 23.6. The lowest BCUT2D eigenvalue weighted by molar-refractivity contribution is -0.140. The zero-order valence-electron chi connectivity index (χ0n) is 17.0. The number of nitrogens with zero attached hydrogens (tertiary/aromatic N) is 2. The van der Waals surface area contributed by atoms with E-state index in [1.807, 2.05) is 0 Å². The second kappa shape index (κ2) is 8.69. The summed E-state index contributed by atoms with van der Waals surface area (Å²) >= 11 is 0. The van der Waals surface area contributed by atoms with Crippen molar-refractivity contribution in [1.82, 2.24) is 9.78 Å². The molecular formula is C21H16F4N2O5. The average Bonchev–Trinajstić information content (AvgIpc) is 3.18. The van der Waals surface area contributed by atoms with E-state index in [0.29, 0.717) is 6.07 Å². The van der Waals surface area contributed by atoms with Gasteiger partial charge in [-0.25, -0.2) is 18.7 Å². The summed E-state index contributed by atoms with van der Waals surface area (Å²) in [5, 5.41) is 4.10. The molecule has 11 heteroatoms. The molecule has 0 aliphatic heterocycles. The molecule has 0 atom stereocenters. The van der Waals surface area contributed by atoms with Gasteiger partial charge in [0.25, 0.3) is 0 Å². The number of carbonyl (C=O) groups is 2. The summed E-state index contributed by atoms with van der Waals surface area (Å²) < 4.78 is 70.6. The van der Waals surface area contributed by atoms with Crippen LogP contribution in [0.5, 0.6) is 5.75 Å². The molecule has 7 nitrogen and oxygen atoms in total. The van der Waals surface area contributed by atoms with Gasteiger partial charge in [0.15, 0.2) is 5.69 Å². The van der Waals surface area contributed by atoms with Crippen LogP contribution in [0.1, 0.15) is 26.4 Å². The highest BCUT2D eigenvalue weighted by Gasteiger charge is 2.39. The van der Waals surface area contributed by atoms with Crippen LogP contribution >= 0.6 is 0 Å². The average molecular weight is 452 g/mol. The Bertz CT molecular complexity index is 1170. The molecule has 0 aliphatic rings. The molecule has 2 aromatic carbocycles. The highest BCUT2D eigenvalue weighted by atomic mass is 19.4. The smallest absolute Gasteiger partial charge is 0.419 e. The molecule has 0 radical (unpaired) electrons. The van der Waals surface area contributed by atoms with E-state index < -0.39 is 52.0 Å². The molecule has 32 heavy (non-hydrogen) atoms. The molecule has 0 N–H and O–H groups in total. The van der Waals surface area contributed by atoms with E-state index in [-0.39, 0.29) is 11.4 Å². The Hall–Kier alpha value is -3.89. The topological polar surface area (TPSA) is 79.7 Å². The lowest BCUT2D eigenvalue weighted by Gasteiger charge is -2.13. The number of ether oxygens (including phenoxy) is 3. The summed E-state index contributed by atoms with van der Waals surface area (Å²) in [6, 6.07) is 9.33. The Morgan fingerprint density at radius 1 is 0.969 bits per heavy atom. The molecule has 3 aromatic rings. The number of benzene rings is 2. The van der Waals surface area contributed by atoms with E-state index in [0.717, 1.165) is 32.1 Å². The van der Waals surface area contributed by atoms with Crippen molar-refractivity contribution in [3.05, 3.63) is 65.1 Å².